The van der Waals surface area contributed by atoms with Crippen LogP contribution in [0.15, 0.2) is 45.8 Å². The summed E-state index contributed by atoms with van der Waals surface area (Å²) in [6, 6.07) is 7.36. The van der Waals surface area contributed by atoms with Crippen LogP contribution < -0.4 is 5.56 Å². The molecule has 0 aliphatic carbocycles. The molecule has 0 bridgehead atoms. The molecule has 1 atom stereocenters. The Hall–Kier alpha value is -1.70. The van der Waals surface area contributed by atoms with Crippen molar-refractivity contribution in [2.75, 3.05) is 13.7 Å². The lowest BCUT2D eigenvalue weighted by atomic mass is 10.2. The van der Waals surface area contributed by atoms with E-state index in [4.69, 9.17) is 4.74 Å². The fourth-order valence-electron chi connectivity index (χ4n) is 2.38. The van der Waals surface area contributed by atoms with Crippen molar-refractivity contribution in [1.82, 2.24) is 14.5 Å². The zero-order valence-corrected chi connectivity index (χ0v) is 14.6. The topological polar surface area (TPSA) is 57.0 Å². The number of fused-ring (bicyclic) bond motifs is 1. The van der Waals surface area contributed by atoms with Crippen LogP contribution in [0.25, 0.3) is 10.9 Å². The molecule has 0 aliphatic rings. The number of aromatic nitrogens is 3. The molecule has 1 unspecified atom stereocenters. The standard InChI is InChI=1S/C16H17N3O2S2/c1-11(9-21-2)19-15(20)12-5-3-4-6-13(12)18-16(19)23-10-14-17-7-8-22-14/h3-8,11H,9-10H2,1-2H3. The molecule has 0 spiro atoms. The lowest BCUT2D eigenvalue weighted by molar-refractivity contribution is 0.156. The highest BCUT2D eigenvalue weighted by Gasteiger charge is 2.16. The van der Waals surface area contributed by atoms with Crippen molar-refractivity contribution in [3.8, 4) is 0 Å². The molecule has 5 nitrogen and oxygen atoms in total. The van der Waals surface area contributed by atoms with Crippen molar-refractivity contribution in [2.45, 2.75) is 23.9 Å². The van der Waals surface area contributed by atoms with Crippen molar-refractivity contribution in [1.29, 1.82) is 0 Å². The fourth-order valence-corrected chi connectivity index (χ4v) is 4.12. The second-order valence-corrected chi connectivity index (χ2v) is 7.03. The SMILES string of the molecule is COCC(C)n1c(SCc2nccs2)nc2ccccc2c1=O. The number of rotatable bonds is 6. The molecule has 1 aromatic carbocycles. The predicted octanol–water partition coefficient (Wildman–Crippen LogP) is 3.35. The maximum atomic E-state index is 12.9. The normalized spacial score (nSPS) is 12.6. The minimum absolute atomic E-state index is 0.0261. The Morgan fingerprint density at radius 3 is 2.96 bits per heavy atom. The van der Waals surface area contributed by atoms with Crippen LogP contribution in [0.3, 0.4) is 0 Å². The molecule has 0 radical (unpaired) electrons. The van der Waals surface area contributed by atoms with Crippen LogP contribution in [0.4, 0.5) is 0 Å². The average Bonchev–Trinajstić information content (AvgIpc) is 3.06. The third-order valence-electron chi connectivity index (χ3n) is 3.43. The van der Waals surface area contributed by atoms with E-state index < -0.39 is 0 Å². The summed E-state index contributed by atoms with van der Waals surface area (Å²) in [5.74, 6) is 0.697. The van der Waals surface area contributed by atoms with Crippen LogP contribution in [0.5, 0.6) is 0 Å². The summed E-state index contributed by atoms with van der Waals surface area (Å²) in [5, 5.41) is 4.30. The molecular formula is C16H17N3O2S2. The number of thiazole rings is 1. The van der Waals surface area contributed by atoms with Gasteiger partial charge in [-0.3, -0.25) is 9.36 Å². The van der Waals surface area contributed by atoms with Crippen molar-refractivity contribution in [3.63, 3.8) is 0 Å². The van der Waals surface area contributed by atoms with Crippen molar-refractivity contribution in [3.05, 3.63) is 51.2 Å². The highest BCUT2D eigenvalue weighted by molar-refractivity contribution is 7.98. The molecule has 0 fully saturated rings. The van der Waals surface area contributed by atoms with Crippen LogP contribution in [0, 0.1) is 0 Å². The van der Waals surface area contributed by atoms with Crippen LogP contribution in [0.1, 0.15) is 18.0 Å². The lowest BCUT2D eigenvalue weighted by Gasteiger charge is -2.18. The summed E-state index contributed by atoms with van der Waals surface area (Å²) >= 11 is 3.13. The van der Waals surface area contributed by atoms with E-state index in [1.807, 2.05) is 36.6 Å². The molecule has 0 aliphatic heterocycles. The number of nitrogens with zero attached hydrogens (tertiary/aromatic N) is 3. The maximum absolute atomic E-state index is 12.9. The number of hydrogen-bond acceptors (Lipinski definition) is 6. The highest BCUT2D eigenvalue weighted by atomic mass is 32.2. The molecule has 0 amide bonds. The molecule has 0 N–H and O–H groups in total. The van der Waals surface area contributed by atoms with Gasteiger partial charge in [-0.1, -0.05) is 23.9 Å². The summed E-state index contributed by atoms with van der Waals surface area (Å²) in [4.78, 5) is 21.8. The quantitative estimate of drug-likeness (QED) is 0.505. The van der Waals surface area contributed by atoms with Crippen LogP contribution in [-0.2, 0) is 10.5 Å². The molecule has 2 heterocycles. The number of hydrogen-bond donors (Lipinski definition) is 0. The van der Waals surface area contributed by atoms with E-state index >= 15 is 0 Å². The third-order valence-corrected chi connectivity index (χ3v) is 5.36. The molecule has 0 saturated carbocycles. The van der Waals surface area contributed by atoms with Crippen molar-refractivity contribution in [2.24, 2.45) is 0 Å². The van der Waals surface area contributed by atoms with Crippen LogP contribution in [0.2, 0.25) is 0 Å². The van der Waals surface area contributed by atoms with E-state index in [0.29, 0.717) is 22.9 Å². The van der Waals surface area contributed by atoms with Gasteiger partial charge in [-0.05, 0) is 19.1 Å². The van der Waals surface area contributed by atoms with Gasteiger partial charge >= 0.3 is 0 Å². The molecular weight excluding hydrogens is 330 g/mol. The minimum Gasteiger partial charge on any atom is -0.383 e. The van der Waals surface area contributed by atoms with Gasteiger partial charge in [-0.15, -0.1) is 11.3 Å². The number of benzene rings is 1. The van der Waals surface area contributed by atoms with Gasteiger partial charge in [0.1, 0.15) is 5.01 Å². The Bertz CT molecular complexity index is 846. The molecule has 3 rings (SSSR count). The largest absolute Gasteiger partial charge is 0.383 e. The van der Waals surface area contributed by atoms with Crippen LogP contribution in [-0.4, -0.2) is 28.3 Å². The van der Waals surface area contributed by atoms with Crippen molar-refractivity contribution < 1.29 is 4.74 Å². The summed E-state index contributed by atoms with van der Waals surface area (Å²) in [6.07, 6.45) is 1.79. The van der Waals surface area contributed by atoms with E-state index in [0.717, 1.165) is 10.5 Å². The molecule has 3 aromatic rings. The lowest BCUT2D eigenvalue weighted by Crippen LogP contribution is -2.28. The van der Waals surface area contributed by atoms with Gasteiger partial charge in [0.2, 0.25) is 0 Å². The summed E-state index contributed by atoms with van der Waals surface area (Å²) in [7, 11) is 1.64. The van der Waals surface area contributed by atoms with Gasteiger partial charge in [0.25, 0.3) is 5.56 Å². The van der Waals surface area contributed by atoms with Crippen LogP contribution >= 0.6 is 23.1 Å². The van der Waals surface area contributed by atoms with E-state index in [2.05, 4.69) is 9.97 Å². The first-order valence-electron chi connectivity index (χ1n) is 7.22. The Morgan fingerprint density at radius 1 is 1.39 bits per heavy atom. The Labute approximate surface area is 142 Å². The van der Waals surface area contributed by atoms with Gasteiger partial charge < -0.3 is 4.74 Å². The number of para-hydroxylation sites is 1. The number of methoxy groups -OCH3 is 1. The summed E-state index contributed by atoms with van der Waals surface area (Å²) in [6.45, 7) is 2.43. The average molecular weight is 347 g/mol. The van der Waals surface area contributed by atoms with E-state index in [-0.39, 0.29) is 11.6 Å². The zero-order chi connectivity index (χ0) is 16.2. The second-order valence-electron chi connectivity index (χ2n) is 5.11. The smallest absolute Gasteiger partial charge is 0.262 e. The first-order chi connectivity index (χ1) is 11.2. The van der Waals surface area contributed by atoms with Gasteiger partial charge in [0.05, 0.1) is 29.3 Å². The van der Waals surface area contributed by atoms with E-state index in [9.17, 15) is 4.79 Å². The Morgan fingerprint density at radius 2 is 2.22 bits per heavy atom. The summed E-state index contributed by atoms with van der Waals surface area (Å²) in [5.41, 5.74) is 0.696. The molecule has 0 saturated heterocycles. The molecule has 120 valence electrons. The molecule has 23 heavy (non-hydrogen) atoms. The third kappa shape index (κ3) is 3.46. The monoisotopic (exact) mass is 347 g/mol. The van der Waals surface area contributed by atoms with Gasteiger partial charge in [-0.2, -0.15) is 0 Å². The zero-order valence-electron chi connectivity index (χ0n) is 12.9. The van der Waals surface area contributed by atoms with Crippen molar-refractivity contribution >= 4 is 34.0 Å². The summed E-state index contributed by atoms with van der Waals surface area (Å²) < 4.78 is 6.95. The van der Waals surface area contributed by atoms with E-state index in [1.54, 1.807) is 29.2 Å². The number of ether oxygens (including phenoxy) is 1. The minimum atomic E-state index is -0.0802. The van der Waals surface area contributed by atoms with Gasteiger partial charge in [0.15, 0.2) is 5.16 Å². The highest BCUT2D eigenvalue weighted by Crippen LogP contribution is 2.25. The maximum Gasteiger partial charge on any atom is 0.262 e. The molecule has 7 heteroatoms. The Kier molecular flexibility index (Phi) is 5.09. The Balaban J connectivity index is 2.05. The first-order valence-corrected chi connectivity index (χ1v) is 9.08. The van der Waals surface area contributed by atoms with Gasteiger partial charge in [0, 0.05) is 18.7 Å². The molecule has 2 aromatic heterocycles. The van der Waals surface area contributed by atoms with E-state index in [1.165, 1.54) is 11.8 Å². The fraction of sp³-hybridized carbons (Fsp3) is 0.312. The number of thioether (sulfide) groups is 1. The second kappa shape index (κ2) is 7.25. The van der Waals surface area contributed by atoms with Gasteiger partial charge in [-0.25, -0.2) is 9.97 Å². The predicted molar refractivity (Wildman–Crippen MR) is 94.3 cm³/mol. The first kappa shape index (κ1) is 16.2.